The van der Waals surface area contributed by atoms with E-state index in [0.717, 1.165) is 30.8 Å². The van der Waals surface area contributed by atoms with Crippen molar-refractivity contribution >= 4 is 5.69 Å². The van der Waals surface area contributed by atoms with E-state index in [0.29, 0.717) is 6.10 Å². The lowest BCUT2D eigenvalue weighted by atomic mass is 10.1. The first-order chi connectivity index (χ1) is 9.08. The Bertz CT molecular complexity index is 415. The van der Waals surface area contributed by atoms with Crippen LogP contribution in [-0.4, -0.2) is 31.4 Å². The average molecular weight is 264 g/mol. The van der Waals surface area contributed by atoms with Crippen molar-refractivity contribution in [3.05, 3.63) is 23.8 Å². The molecule has 106 valence electrons. The molecule has 2 atom stereocenters. The second-order valence-corrected chi connectivity index (χ2v) is 5.40. The van der Waals surface area contributed by atoms with Gasteiger partial charge in [-0.2, -0.15) is 0 Å². The summed E-state index contributed by atoms with van der Waals surface area (Å²) in [6.07, 6.45) is 3.83. The van der Waals surface area contributed by atoms with Gasteiger partial charge in [0.1, 0.15) is 5.75 Å². The van der Waals surface area contributed by atoms with Gasteiger partial charge in [0.15, 0.2) is 0 Å². The SMILES string of the molecule is CC(N)c1ccc(N(C)CC2CCCCO2)cc1O. The number of aromatic hydroxyl groups is 1. The molecule has 4 nitrogen and oxygen atoms in total. The van der Waals surface area contributed by atoms with Crippen molar-refractivity contribution in [1.82, 2.24) is 0 Å². The highest BCUT2D eigenvalue weighted by atomic mass is 16.5. The van der Waals surface area contributed by atoms with Crippen LogP contribution in [0.2, 0.25) is 0 Å². The number of hydrogen-bond donors (Lipinski definition) is 2. The van der Waals surface area contributed by atoms with Gasteiger partial charge in [-0.15, -0.1) is 0 Å². The Morgan fingerprint density at radius 3 is 2.84 bits per heavy atom. The van der Waals surface area contributed by atoms with E-state index in [4.69, 9.17) is 10.5 Å². The van der Waals surface area contributed by atoms with Gasteiger partial charge in [0.25, 0.3) is 0 Å². The van der Waals surface area contributed by atoms with Gasteiger partial charge in [0, 0.05) is 43.6 Å². The number of likely N-dealkylation sites (N-methyl/N-ethyl adjacent to an activating group) is 1. The molecule has 1 aromatic carbocycles. The summed E-state index contributed by atoms with van der Waals surface area (Å²) in [5.41, 5.74) is 7.58. The van der Waals surface area contributed by atoms with Crippen molar-refractivity contribution in [2.24, 2.45) is 5.73 Å². The van der Waals surface area contributed by atoms with Gasteiger partial charge < -0.3 is 20.5 Å². The van der Waals surface area contributed by atoms with Crippen molar-refractivity contribution in [3.8, 4) is 5.75 Å². The second-order valence-electron chi connectivity index (χ2n) is 5.40. The van der Waals surface area contributed by atoms with Crippen LogP contribution in [-0.2, 0) is 4.74 Å². The molecule has 1 saturated heterocycles. The first kappa shape index (κ1) is 14.2. The Hall–Kier alpha value is -1.26. The van der Waals surface area contributed by atoms with Gasteiger partial charge in [-0.1, -0.05) is 6.07 Å². The molecular weight excluding hydrogens is 240 g/mol. The molecule has 1 aliphatic rings. The van der Waals surface area contributed by atoms with Gasteiger partial charge in [0.2, 0.25) is 0 Å². The van der Waals surface area contributed by atoms with E-state index in [-0.39, 0.29) is 11.8 Å². The zero-order valence-corrected chi connectivity index (χ0v) is 11.8. The van der Waals surface area contributed by atoms with Crippen molar-refractivity contribution in [2.45, 2.75) is 38.3 Å². The Labute approximate surface area is 115 Å². The summed E-state index contributed by atoms with van der Waals surface area (Å²) in [6.45, 7) is 3.60. The maximum Gasteiger partial charge on any atom is 0.122 e. The largest absolute Gasteiger partial charge is 0.508 e. The third-order valence-corrected chi connectivity index (χ3v) is 3.70. The first-order valence-electron chi connectivity index (χ1n) is 6.99. The van der Waals surface area contributed by atoms with E-state index in [9.17, 15) is 5.11 Å². The Kier molecular flexibility index (Phi) is 4.66. The monoisotopic (exact) mass is 264 g/mol. The molecule has 0 saturated carbocycles. The highest BCUT2D eigenvalue weighted by molar-refractivity contribution is 5.53. The third-order valence-electron chi connectivity index (χ3n) is 3.70. The van der Waals surface area contributed by atoms with E-state index in [1.165, 1.54) is 12.8 Å². The molecule has 0 aromatic heterocycles. The number of anilines is 1. The van der Waals surface area contributed by atoms with Gasteiger partial charge in [-0.3, -0.25) is 0 Å². The number of hydrogen-bond acceptors (Lipinski definition) is 4. The van der Waals surface area contributed by atoms with Crippen LogP contribution in [0, 0.1) is 0 Å². The summed E-state index contributed by atoms with van der Waals surface area (Å²) in [5.74, 6) is 0.268. The highest BCUT2D eigenvalue weighted by Crippen LogP contribution is 2.28. The van der Waals surface area contributed by atoms with Crippen molar-refractivity contribution < 1.29 is 9.84 Å². The predicted octanol–water partition coefficient (Wildman–Crippen LogP) is 2.42. The Morgan fingerprint density at radius 2 is 2.26 bits per heavy atom. The molecule has 4 heteroatoms. The van der Waals surface area contributed by atoms with E-state index >= 15 is 0 Å². The number of ether oxygens (including phenoxy) is 1. The van der Waals surface area contributed by atoms with Crippen LogP contribution in [0.25, 0.3) is 0 Å². The number of phenols is 1. The summed E-state index contributed by atoms with van der Waals surface area (Å²) in [4.78, 5) is 2.13. The number of phenolic OH excluding ortho intramolecular Hbond substituents is 1. The van der Waals surface area contributed by atoms with E-state index < -0.39 is 0 Å². The fourth-order valence-corrected chi connectivity index (χ4v) is 2.52. The van der Waals surface area contributed by atoms with Crippen LogP contribution in [0.5, 0.6) is 5.75 Å². The summed E-state index contributed by atoms with van der Waals surface area (Å²) in [6, 6.07) is 5.53. The Balaban J connectivity index is 2.02. The smallest absolute Gasteiger partial charge is 0.122 e. The minimum atomic E-state index is -0.152. The summed E-state index contributed by atoms with van der Waals surface area (Å²) in [7, 11) is 2.03. The van der Waals surface area contributed by atoms with Crippen LogP contribution >= 0.6 is 0 Å². The molecule has 0 bridgehead atoms. The maximum absolute atomic E-state index is 9.98. The minimum Gasteiger partial charge on any atom is -0.508 e. The van der Waals surface area contributed by atoms with Gasteiger partial charge >= 0.3 is 0 Å². The lowest BCUT2D eigenvalue weighted by Gasteiger charge is -2.29. The third kappa shape index (κ3) is 3.61. The van der Waals surface area contributed by atoms with Gasteiger partial charge in [-0.05, 0) is 32.3 Å². The highest BCUT2D eigenvalue weighted by Gasteiger charge is 2.17. The number of nitrogens with zero attached hydrogens (tertiary/aromatic N) is 1. The fraction of sp³-hybridized carbons (Fsp3) is 0.600. The summed E-state index contributed by atoms with van der Waals surface area (Å²) < 4.78 is 5.74. The maximum atomic E-state index is 9.98. The van der Waals surface area contributed by atoms with Crippen LogP contribution in [0.4, 0.5) is 5.69 Å². The van der Waals surface area contributed by atoms with E-state index in [1.807, 2.05) is 26.1 Å². The molecule has 1 fully saturated rings. The molecule has 0 radical (unpaired) electrons. The lowest BCUT2D eigenvalue weighted by molar-refractivity contribution is 0.0216. The molecule has 1 aliphatic heterocycles. The molecule has 2 unspecified atom stereocenters. The molecule has 0 aliphatic carbocycles. The zero-order valence-electron chi connectivity index (χ0n) is 11.8. The van der Waals surface area contributed by atoms with E-state index in [1.54, 1.807) is 6.07 Å². The van der Waals surface area contributed by atoms with Crippen LogP contribution in [0.3, 0.4) is 0 Å². The molecule has 3 N–H and O–H groups in total. The molecule has 1 aromatic rings. The van der Waals surface area contributed by atoms with Crippen molar-refractivity contribution in [2.75, 3.05) is 25.1 Å². The number of nitrogens with two attached hydrogens (primary N) is 1. The molecule has 0 spiro atoms. The van der Waals surface area contributed by atoms with Crippen molar-refractivity contribution in [1.29, 1.82) is 0 Å². The standard InChI is InChI=1S/C15H24N2O2/c1-11(16)14-7-6-12(9-15(14)18)17(2)10-13-5-3-4-8-19-13/h6-7,9,11,13,18H,3-5,8,10,16H2,1-2H3. The number of benzene rings is 1. The fourth-order valence-electron chi connectivity index (χ4n) is 2.52. The molecule has 19 heavy (non-hydrogen) atoms. The first-order valence-corrected chi connectivity index (χ1v) is 6.99. The molecular formula is C15H24N2O2. The van der Waals surface area contributed by atoms with Gasteiger partial charge in [-0.25, -0.2) is 0 Å². The zero-order chi connectivity index (χ0) is 13.8. The van der Waals surface area contributed by atoms with Crippen molar-refractivity contribution in [3.63, 3.8) is 0 Å². The predicted molar refractivity (Wildman–Crippen MR) is 77.6 cm³/mol. The lowest BCUT2D eigenvalue weighted by Crippen LogP contribution is -2.33. The summed E-state index contributed by atoms with van der Waals surface area (Å²) >= 11 is 0. The van der Waals surface area contributed by atoms with Crippen LogP contribution in [0.15, 0.2) is 18.2 Å². The average Bonchev–Trinajstić information content (AvgIpc) is 2.39. The normalized spacial score (nSPS) is 21.1. The summed E-state index contributed by atoms with van der Waals surface area (Å²) in [5, 5.41) is 9.98. The second kappa shape index (κ2) is 6.26. The van der Waals surface area contributed by atoms with Crippen LogP contribution < -0.4 is 10.6 Å². The topological polar surface area (TPSA) is 58.7 Å². The number of rotatable bonds is 4. The van der Waals surface area contributed by atoms with Gasteiger partial charge in [0.05, 0.1) is 6.10 Å². The molecule has 0 amide bonds. The Morgan fingerprint density at radius 1 is 1.47 bits per heavy atom. The van der Waals surface area contributed by atoms with E-state index in [2.05, 4.69) is 4.90 Å². The molecule has 2 rings (SSSR count). The quantitative estimate of drug-likeness (QED) is 0.877. The van der Waals surface area contributed by atoms with Crippen LogP contribution in [0.1, 0.15) is 37.8 Å². The minimum absolute atomic E-state index is 0.152. The molecule has 1 heterocycles.